The Balaban J connectivity index is 1.67. The third-order valence-corrected chi connectivity index (χ3v) is 4.26. The van der Waals surface area contributed by atoms with Gasteiger partial charge in [0.1, 0.15) is 5.75 Å². The van der Waals surface area contributed by atoms with Gasteiger partial charge in [-0.1, -0.05) is 29.8 Å². The summed E-state index contributed by atoms with van der Waals surface area (Å²) in [5.74, 6) is 1.15. The van der Waals surface area contributed by atoms with Crippen LogP contribution in [0, 0.1) is 0 Å². The van der Waals surface area contributed by atoms with Crippen molar-refractivity contribution in [2.24, 2.45) is 0 Å². The van der Waals surface area contributed by atoms with E-state index >= 15 is 0 Å². The van der Waals surface area contributed by atoms with E-state index in [1.807, 2.05) is 30.3 Å². The van der Waals surface area contributed by atoms with Crippen molar-refractivity contribution < 1.29 is 14.6 Å². The lowest BCUT2D eigenvalue weighted by Gasteiger charge is -2.36. The smallest absolute Gasteiger partial charge is 0.319 e. The Hall–Kier alpha value is -2.24. The third-order valence-electron chi connectivity index (χ3n) is 4.02. The standard InChI is InChI=1S/C18H19ClN2O3/c19-13-7-8-16(24-14-5-2-1-3-6-14)15(11-13)21-17(22)20-12-18(23)9-4-10-18/h1-3,5-8,11,23H,4,9-10,12H2,(H2,20,21,22). The molecule has 0 aromatic heterocycles. The molecular formula is C18H19ClN2O3. The van der Waals surface area contributed by atoms with Crippen LogP contribution >= 0.6 is 11.6 Å². The largest absolute Gasteiger partial charge is 0.455 e. The van der Waals surface area contributed by atoms with E-state index in [4.69, 9.17) is 16.3 Å². The summed E-state index contributed by atoms with van der Waals surface area (Å²) in [6, 6.07) is 13.9. The highest BCUT2D eigenvalue weighted by atomic mass is 35.5. The Labute approximate surface area is 145 Å². The number of rotatable bonds is 5. The Morgan fingerprint density at radius 3 is 2.62 bits per heavy atom. The third kappa shape index (κ3) is 4.19. The number of hydrogen-bond acceptors (Lipinski definition) is 3. The summed E-state index contributed by atoms with van der Waals surface area (Å²) >= 11 is 6.02. The second kappa shape index (κ2) is 7.11. The van der Waals surface area contributed by atoms with Gasteiger partial charge in [-0.3, -0.25) is 0 Å². The topological polar surface area (TPSA) is 70.6 Å². The van der Waals surface area contributed by atoms with Gasteiger partial charge in [0.05, 0.1) is 11.3 Å². The predicted molar refractivity (Wildman–Crippen MR) is 93.8 cm³/mol. The van der Waals surface area contributed by atoms with E-state index in [1.165, 1.54) is 0 Å². The van der Waals surface area contributed by atoms with Crippen molar-refractivity contribution in [2.75, 3.05) is 11.9 Å². The molecule has 0 aliphatic heterocycles. The van der Waals surface area contributed by atoms with Crippen LogP contribution in [-0.4, -0.2) is 23.3 Å². The first-order chi connectivity index (χ1) is 11.5. The van der Waals surface area contributed by atoms with Crippen molar-refractivity contribution in [3.63, 3.8) is 0 Å². The summed E-state index contributed by atoms with van der Waals surface area (Å²) in [6.45, 7) is 0.230. The molecule has 1 aliphatic carbocycles. The van der Waals surface area contributed by atoms with Gasteiger partial charge >= 0.3 is 6.03 Å². The molecule has 6 heteroatoms. The zero-order chi connectivity index (χ0) is 17.0. The molecule has 1 saturated carbocycles. The van der Waals surface area contributed by atoms with Gasteiger partial charge in [-0.25, -0.2) is 4.79 Å². The monoisotopic (exact) mass is 346 g/mol. The van der Waals surface area contributed by atoms with E-state index in [9.17, 15) is 9.90 Å². The van der Waals surface area contributed by atoms with Crippen molar-refractivity contribution in [3.8, 4) is 11.5 Å². The minimum atomic E-state index is -0.769. The maximum absolute atomic E-state index is 12.1. The number of amides is 2. The number of aliphatic hydroxyl groups is 1. The number of carbonyl (C=O) groups is 1. The van der Waals surface area contributed by atoms with E-state index in [0.717, 1.165) is 6.42 Å². The first kappa shape index (κ1) is 16.6. The molecule has 0 bridgehead atoms. The molecule has 3 rings (SSSR count). The molecule has 3 N–H and O–H groups in total. The Kier molecular flexibility index (Phi) is 4.92. The van der Waals surface area contributed by atoms with Crippen molar-refractivity contribution in [1.82, 2.24) is 5.32 Å². The first-order valence-corrected chi connectivity index (χ1v) is 8.22. The minimum absolute atomic E-state index is 0.230. The van der Waals surface area contributed by atoms with Gasteiger partial charge in [-0.15, -0.1) is 0 Å². The van der Waals surface area contributed by atoms with Gasteiger partial charge in [0.25, 0.3) is 0 Å². The summed E-state index contributed by atoms with van der Waals surface area (Å²) in [5, 5.41) is 15.9. The molecular weight excluding hydrogens is 328 g/mol. The number of para-hydroxylation sites is 1. The van der Waals surface area contributed by atoms with Gasteiger partial charge in [-0.2, -0.15) is 0 Å². The van der Waals surface area contributed by atoms with E-state index in [2.05, 4.69) is 10.6 Å². The molecule has 0 unspecified atom stereocenters. The lowest BCUT2D eigenvalue weighted by molar-refractivity contribution is -0.0287. The SMILES string of the molecule is O=C(NCC1(O)CCC1)Nc1cc(Cl)ccc1Oc1ccccc1. The van der Waals surface area contributed by atoms with Crippen molar-refractivity contribution >= 4 is 23.3 Å². The molecule has 0 heterocycles. The molecule has 0 saturated heterocycles. The van der Waals surface area contributed by atoms with Crippen LogP contribution in [0.2, 0.25) is 5.02 Å². The van der Waals surface area contributed by atoms with E-state index in [0.29, 0.717) is 35.1 Å². The van der Waals surface area contributed by atoms with Gasteiger partial charge < -0.3 is 20.5 Å². The minimum Gasteiger partial charge on any atom is -0.455 e. The van der Waals surface area contributed by atoms with Crippen LogP contribution in [-0.2, 0) is 0 Å². The van der Waals surface area contributed by atoms with Crippen molar-refractivity contribution in [2.45, 2.75) is 24.9 Å². The number of halogens is 1. The molecule has 2 aromatic rings. The number of nitrogens with one attached hydrogen (secondary N) is 2. The highest BCUT2D eigenvalue weighted by Crippen LogP contribution is 2.32. The second-order valence-corrected chi connectivity index (χ2v) is 6.38. The summed E-state index contributed by atoms with van der Waals surface area (Å²) < 4.78 is 5.79. The summed E-state index contributed by atoms with van der Waals surface area (Å²) in [4.78, 5) is 12.1. The molecule has 5 nitrogen and oxygen atoms in total. The van der Waals surface area contributed by atoms with Crippen molar-refractivity contribution in [1.29, 1.82) is 0 Å². The fourth-order valence-electron chi connectivity index (χ4n) is 2.48. The van der Waals surface area contributed by atoms with Gasteiger partial charge in [0.2, 0.25) is 0 Å². The van der Waals surface area contributed by atoms with E-state index in [-0.39, 0.29) is 6.54 Å². The zero-order valence-electron chi connectivity index (χ0n) is 13.1. The summed E-state index contributed by atoms with van der Waals surface area (Å²) in [7, 11) is 0. The Morgan fingerprint density at radius 2 is 1.96 bits per heavy atom. The van der Waals surface area contributed by atoms with Crippen LogP contribution in [0.3, 0.4) is 0 Å². The molecule has 1 fully saturated rings. The molecule has 0 spiro atoms. The van der Waals surface area contributed by atoms with Crippen molar-refractivity contribution in [3.05, 3.63) is 53.6 Å². The van der Waals surface area contributed by atoms with E-state index in [1.54, 1.807) is 18.2 Å². The van der Waals surface area contributed by atoms with Crippen LogP contribution < -0.4 is 15.4 Å². The maximum Gasteiger partial charge on any atom is 0.319 e. The first-order valence-electron chi connectivity index (χ1n) is 7.84. The van der Waals surface area contributed by atoms with Crippen LogP contribution in [0.5, 0.6) is 11.5 Å². The van der Waals surface area contributed by atoms with Gasteiger partial charge in [0, 0.05) is 11.6 Å². The molecule has 1 aliphatic rings. The van der Waals surface area contributed by atoms with Gasteiger partial charge in [-0.05, 0) is 49.6 Å². The molecule has 126 valence electrons. The maximum atomic E-state index is 12.1. The Bertz CT molecular complexity index is 717. The quantitative estimate of drug-likeness (QED) is 0.761. The normalized spacial score (nSPS) is 15.2. The molecule has 0 atom stereocenters. The number of hydrogen-bond donors (Lipinski definition) is 3. The lowest BCUT2D eigenvalue weighted by Crippen LogP contribution is -2.48. The highest BCUT2D eigenvalue weighted by molar-refractivity contribution is 6.31. The average Bonchev–Trinajstić information content (AvgIpc) is 2.55. The van der Waals surface area contributed by atoms with Crippen LogP contribution in [0.25, 0.3) is 0 Å². The average molecular weight is 347 g/mol. The zero-order valence-corrected chi connectivity index (χ0v) is 13.8. The molecule has 24 heavy (non-hydrogen) atoms. The summed E-state index contributed by atoms with van der Waals surface area (Å²) in [6.07, 6.45) is 2.42. The predicted octanol–water partition coefficient (Wildman–Crippen LogP) is 4.17. The molecule has 2 aromatic carbocycles. The van der Waals surface area contributed by atoms with Crippen LogP contribution in [0.15, 0.2) is 48.5 Å². The molecule has 2 amide bonds. The number of ether oxygens (including phenoxy) is 1. The number of carbonyl (C=O) groups excluding carboxylic acids is 1. The highest BCUT2D eigenvalue weighted by Gasteiger charge is 2.34. The number of benzene rings is 2. The number of urea groups is 1. The fraction of sp³-hybridized carbons (Fsp3) is 0.278. The second-order valence-electron chi connectivity index (χ2n) is 5.94. The van der Waals surface area contributed by atoms with Crippen LogP contribution in [0.4, 0.5) is 10.5 Å². The molecule has 0 radical (unpaired) electrons. The summed E-state index contributed by atoms with van der Waals surface area (Å²) in [5.41, 5.74) is -0.306. The van der Waals surface area contributed by atoms with Crippen LogP contribution in [0.1, 0.15) is 19.3 Å². The lowest BCUT2D eigenvalue weighted by atomic mass is 9.80. The fourth-order valence-corrected chi connectivity index (χ4v) is 2.65. The van der Waals surface area contributed by atoms with Gasteiger partial charge in [0.15, 0.2) is 5.75 Å². The number of anilines is 1. The van der Waals surface area contributed by atoms with E-state index < -0.39 is 11.6 Å². The Morgan fingerprint density at radius 1 is 1.21 bits per heavy atom.